The van der Waals surface area contributed by atoms with Crippen LogP contribution in [0.3, 0.4) is 0 Å². The zero-order chi connectivity index (χ0) is 14.4. The van der Waals surface area contributed by atoms with Crippen molar-refractivity contribution in [2.75, 3.05) is 18.4 Å². The molecule has 20 heavy (non-hydrogen) atoms. The average molecular weight is 292 g/mol. The van der Waals surface area contributed by atoms with E-state index in [9.17, 15) is 0 Å². The minimum Gasteiger partial charge on any atom is -0.384 e. The van der Waals surface area contributed by atoms with E-state index in [0.717, 1.165) is 18.3 Å². The van der Waals surface area contributed by atoms with Gasteiger partial charge in [-0.25, -0.2) is 0 Å². The van der Waals surface area contributed by atoms with Crippen molar-refractivity contribution in [2.45, 2.75) is 49.7 Å². The minimum absolute atomic E-state index is 0.541. The van der Waals surface area contributed by atoms with Gasteiger partial charge >= 0.3 is 0 Å². The van der Waals surface area contributed by atoms with Crippen LogP contribution < -0.4 is 11.1 Å². The normalized spacial score (nSPS) is 17.6. The first-order chi connectivity index (χ1) is 9.70. The van der Waals surface area contributed by atoms with E-state index in [4.69, 9.17) is 5.73 Å². The van der Waals surface area contributed by atoms with Gasteiger partial charge in [-0.15, -0.1) is 11.8 Å². The monoisotopic (exact) mass is 292 g/mol. The van der Waals surface area contributed by atoms with Crippen molar-refractivity contribution in [3.05, 3.63) is 24.3 Å². The van der Waals surface area contributed by atoms with Gasteiger partial charge in [-0.1, -0.05) is 38.8 Å². The number of benzene rings is 1. The van der Waals surface area contributed by atoms with Crippen molar-refractivity contribution >= 4 is 17.4 Å². The molecule has 0 spiro atoms. The fourth-order valence-electron chi connectivity index (χ4n) is 2.73. The van der Waals surface area contributed by atoms with Crippen LogP contribution in [0, 0.1) is 11.8 Å². The quantitative estimate of drug-likeness (QED) is 0.784. The molecular formula is C17H28N2S. The summed E-state index contributed by atoms with van der Waals surface area (Å²) in [5.41, 5.74) is 7.14. The Kier molecular flexibility index (Phi) is 6.24. The molecule has 1 aliphatic rings. The molecule has 0 aromatic heterocycles. The fraction of sp³-hybridized carbons (Fsp3) is 0.647. The Morgan fingerprint density at radius 3 is 2.60 bits per heavy atom. The minimum atomic E-state index is 0.541. The smallest absolute Gasteiger partial charge is 0.0478 e. The van der Waals surface area contributed by atoms with Crippen LogP contribution in [0.5, 0.6) is 0 Å². The molecule has 2 nitrogen and oxygen atoms in total. The number of para-hydroxylation sites is 1. The molecular weight excluding hydrogens is 264 g/mol. The summed E-state index contributed by atoms with van der Waals surface area (Å²) in [4.78, 5) is 1.40. The summed E-state index contributed by atoms with van der Waals surface area (Å²) in [5.74, 6) is 1.17. The highest BCUT2D eigenvalue weighted by molar-refractivity contribution is 8.00. The summed E-state index contributed by atoms with van der Waals surface area (Å²) < 4.78 is 0. The molecule has 0 amide bonds. The van der Waals surface area contributed by atoms with Gasteiger partial charge in [-0.2, -0.15) is 0 Å². The van der Waals surface area contributed by atoms with Crippen LogP contribution in [0.1, 0.15) is 39.5 Å². The van der Waals surface area contributed by atoms with Crippen LogP contribution in [0.2, 0.25) is 0 Å². The predicted octanol–water partition coefficient (Wildman–Crippen LogP) is 4.36. The second-order valence-corrected chi connectivity index (χ2v) is 7.48. The summed E-state index contributed by atoms with van der Waals surface area (Å²) in [7, 11) is 0. The van der Waals surface area contributed by atoms with E-state index in [1.807, 2.05) is 0 Å². The molecule has 0 saturated heterocycles. The third-order valence-electron chi connectivity index (χ3n) is 4.28. The van der Waals surface area contributed by atoms with Crippen molar-refractivity contribution in [3.8, 4) is 0 Å². The summed E-state index contributed by atoms with van der Waals surface area (Å²) in [6.45, 7) is 6.22. The van der Waals surface area contributed by atoms with Gasteiger partial charge in [0.25, 0.3) is 0 Å². The molecule has 1 aromatic rings. The first-order valence-electron chi connectivity index (χ1n) is 7.90. The molecule has 1 atom stereocenters. The van der Waals surface area contributed by atoms with Gasteiger partial charge in [-0.05, 0) is 43.4 Å². The third-order valence-corrected chi connectivity index (χ3v) is 5.70. The lowest BCUT2D eigenvalue weighted by molar-refractivity contribution is 0.413. The first kappa shape index (κ1) is 15.7. The van der Waals surface area contributed by atoms with Gasteiger partial charge in [0.15, 0.2) is 0 Å². The van der Waals surface area contributed by atoms with Gasteiger partial charge in [0.2, 0.25) is 0 Å². The predicted molar refractivity (Wildman–Crippen MR) is 90.4 cm³/mol. The molecule has 1 aliphatic carbocycles. The lowest BCUT2D eigenvalue weighted by atomic mass is 9.96. The van der Waals surface area contributed by atoms with Gasteiger partial charge in [0.05, 0.1) is 0 Å². The SMILES string of the molecule is CC(C)C(CN)CNc1ccccc1SC1CCCC1. The highest BCUT2D eigenvalue weighted by Gasteiger charge is 2.18. The maximum atomic E-state index is 5.86. The topological polar surface area (TPSA) is 38.0 Å². The molecule has 112 valence electrons. The van der Waals surface area contributed by atoms with Crippen LogP contribution in [-0.2, 0) is 0 Å². The molecule has 3 N–H and O–H groups in total. The number of nitrogens with two attached hydrogens (primary N) is 1. The number of nitrogens with one attached hydrogen (secondary N) is 1. The van der Waals surface area contributed by atoms with Crippen molar-refractivity contribution in [1.29, 1.82) is 0 Å². The summed E-state index contributed by atoms with van der Waals surface area (Å²) >= 11 is 2.05. The van der Waals surface area contributed by atoms with E-state index in [0.29, 0.717) is 11.8 Å². The van der Waals surface area contributed by atoms with Crippen molar-refractivity contribution in [2.24, 2.45) is 17.6 Å². The zero-order valence-corrected chi connectivity index (χ0v) is 13.6. The molecule has 0 radical (unpaired) electrons. The molecule has 0 bridgehead atoms. The summed E-state index contributed by atoms with van der Waals surface area (Å²) in [6, 6.07) is 8.71. The van der Waals surface area contributed by atoms with Crippen LogP contribution in [0.4, 0.5) is 5.69 Å². The van der Waals surface area contributed by atoms with E-state index in [-0.39, 0.29) is 0 Å². The Balaban J connectivity index is 1.96. The standard InChI is InChI=1S/C17H28N2S/c1-13(2)14(11-18)12-19-16-9-5-6-10-17(16)20-15-7-3-4-8-15/h5-6,9-10,13-15,19H,3-4,7-8,11-12,18H2,1-2H3. The second-order valence-electron chi connectivity index (χ2n) is 6.14. The Labute approximate surface area is 127 Å². The summed E-state index contributed by atoms with van der Waals surface area (Å²) in [5, 5.41) is 4.43. The maximum absolute atomic E-state index is 5.86. The van der Waals surface area contributed by atoms with Gasteiger partial charge in [0.1, 0.15) is 0 Å². The van der Waals surface area contributed by atoms with Crippen LogP contribution >= 0.6 is 11.8 Å². The highest BCUT2D eigenvalue weighted by atomic mass is 32.2. The zero-order valence-electron chi connectivity index (χ0n) is 12.8. The number of rotatable bonds is 7. The van der Waals surface area contributed by atoms with E-state index in [1.165, 1.54) is 36.3 Å². The van der Waals surface area contributed by atoms with Crippen molar-refractivity contribution < 1.29 is 0 Å². The van der Waals surface area contributed by atoms with E-state index in [2.05, 4.69) is 55.2 Å². The van der Waals surface area contributed by atoms with E-state index in [1.54, 1.807) is 0 Å². The van der Waals surface area contributed by atoms with Gasteiger partial charge < -0.3 is 11.1 Å². The molecule has 1 saturated carbocycles. The Morgan fingerprint density at radius 2 is 1.95 bits per heavy atom. The molecule has 1 aromatic carbocycles. The maximum Gasteiger partial charge on any atom is 0.0478 e. The molecule has 0 aliphatic heterocycles. The number of thioether (sulfide) groups is 1. The van der Waals surface area contributed by atoms with E-state index >= 15 is 0 Å². The molecule has 3 heteroatoms. The summed E-state index contributed by atoms with van der Waals surface area (Å²) in [6.07, 6.45) is 5.54. The Hall–Kier alpha value is -0.670. The number of hydrogen-bond donors (Lipinski definition) is 2. The average Bonchev–Trinajstić information content (AvgIpc) is 2.94. The van der Waals surface area contributed by atoms with E-state index < -0.39 is 0 Å². The molecule has 1 unspecified atom stereocenters. The Morgan fingerprint density at radius 1 is 1.25 bits per heavy atom. The highest BCUT2D eigenvalue weighted by Crippen LogP contribution is 2.38. The lowest BCUT2D eigenvalue weighted by Gasteiger charge is -2.21. The van der Waals surface area contributed by atoms with Crippen LogP contribution in [-0.4, -0.2) is 18.3 Å². The molecule has 1 fully saturated rings. The number of anilines is 1. The van der Waals surface area contributed by atoms with Gasteiger partial charge in [-0.3, -0.25) is 0 Å². The first-order valence-corrected chi connectivity index (χ1v) is 8.78. The molecule has 0 heterocycles. The molecule has 2 rings (SSSR count). The van der Waals surface area contributed by atoms with Crippen LogP contribution in [0.25, 0.3) is 0 Å². The number of hydrogen-bond acceptors (Lipinski definition) is 3. The third kappa shape index (κ3) is 4.42. The van der Waals surface area contributed by atoms with Gasteiger partial charge in [0, 0.05) is 22.4 Å². The largest absolute Gasteiger partial charge is 0.384 e. The van der Waals surface area contributed by atoms with Crippen molar-refractivity contribution in [3.63, 3.8) is 0 Å². The lowest BCUT2D eigenvalue weighted by Crippen LogP contribution is -2.27. The fourth-order valence-corrected chi connectivity index (χ4v) is 4.09. The second kappa shape index (κ2) is 7.94. The Bertz CT molecular complexity index is 400. The van der Waals surface area contributed by atoms with Crippen LogP contribution in [0.15, 0.2) is 29.2 Å². The van der Waals surface area contributed by atoms with Crippen molar-refractivity contribution in [1.82, 2.24) is 0 Å².